The van der Waals surface area contributed by atoms with Crippen LogP contribution in [0, 0.1) is 11.3 Å². The van der Waals surface area contributed by atoms with Crippen molar-refractivity contribution in [2.45, 2.75) is 6.54 Å². The van der Waals surface area contributed by atoms with Crippen LogP contribution >= 0.6 is 0 Å². The molecule has 2 heterocycles. The fourth-order valence-electron chi connectivity index (χ4n) is 1.59. The normalized spacial score (nSPS) is 9.06. The summed E-state index contributed by atoms with van der Waals surface area (Å²) in [6.45, 7) is 0.272. The Morgan fingerprint density at radius 1 is 1.28 bits per heavy atom. The largest absolute Gasteiger partial charge is 1.00 e. The van der Waals surface area contributed by atoms with E-state index in [0.717, 1.165) is 12.0 Å². The number of nitriles is 1. The van der Waals surface area contributed by atoms with Crippen LogP contribution < -0.4 is 28.5 Å². The van der Waals surface area contributed by atoms with Gasteiger partial charge >= 0.3 is 0 Å². The average molecular weight is 351 g/mol. The van der Waals surface area contributed by atoms with Crippen molar-refractivity contribution in [3.8, 4) is 17.5 Å². The molecule has 0 aliphatic carbocycles. The Bertz CT molecular complexity index is 593. The van der Waals surface area contributed by atoms with E-state index in [1.807, 2.05) is 36.5 Å². The smallest absolute Gasteiger partial charge is 0.231 e. The highest BCUT2D eigenvalue weighted by atomic mass is 127. The third kappa shape index (κ3) is 3.11. The van der Waals surface area contributed by atoms with Gasteiger partial charge in [-0.05, 0) is 18.2 Å². The second-order valence-corrected chi connectivity index (χ2v) is 3.42. The van der Waals surface area contributed by atoms with E-state index in [4.69, 9.17) is 5.26 Å². The van der Waals surface area contributed by atoms with Crippen molar-refractivity contribution in [3.63, 3.8) is 0 Å². The van der Waals surface area contributed by atoms with Gasteiger partial charge in [-0.15, -0.1) is 0 Å². The number of rotatable bonds is 3. The van der Waals surface area contributed by atoms with Crippen LogP contribution in [0.4, 0.5) is 0 Å². The molecule has 2 rings (SSSR count). The maximum Gasteiger partial charge on any atom is 0.231 e. The van der Waals surface area contributed by atoms with Crippen molar-refractivity contribution in [3.05, 3.63) is 48.3 Å². The number of aromatic nitrogens is 2. The molecule has 0 aromatic carbocycles. The maximum absolute atomic E-state index is 10.6. The summed E-state index contributed by atoms with van der Waals surface area (Å²) in [6, 6.07) is 12.8. The number of hydrogen-bond acceptors (Lipinski definition) is 3. The lowest BCUT2D eigenvalue weighted by molar-refractivity contribution is -0.672. The van der Waals surface area contributed by atoms with Crippen molar-refractivity contribution in [2.24, 2.45) is 0 Å². The molecule has 0 atom stereocenters. The SMILES string of the molecule is N#Cc1cccc(-c2cccc[n+]2CC=O)n1.[I-]. The fourth-order valence-corrected chi connectivity index (χ4v) is 1.59. The summed E-state index contributed by atoms with van der Waals surface area (Å²) in [5.41, 5.74) is 1.87. The monoisotopic (exact) mass is 351 g/mol. The van der Waals surface area contributed by atoms with Crippen LogP contribution in [0.2, 0.25) is 0 Å². The summed E-state index contributed by atoms with van der Waals surface area (Å²) in [7, 11) is 0. The minimum absolute atomic E-state index is 0. The Balaban J connectivity index is 0.00000162. The molecular formula is C13H10IN3O. The molecule has 4 nitrogen and oxygen atoms in total. The molecular weight excluding hydrogens is 341 g/mol. The Labute approximate surface area is 122 Å². The van der Waals surface area contributed by atoms with Gasteiger partial charge in [-0.1, -0.05) is 6.07 Å². The van der Waals surface area contributed by atoms with Crippen LogP contribution in [0.25, 0.3) is 11.4 Å². The van der Waals surface area contributed by atoms with E-state index in [-0.39, 0.29) is 30.5 Å². The first-order valence-electron chi connectivity index (χ1n) is 5.15. The van der Waals surface area contributed by atoms with E-state index in [1.54, 1.807) is 16.7 Å². The molecule has 90 valence electrons. The second-order valence-electron chi connectivity index (χ2n) is 3.42. The highest BCUT2D eigenvalue weighted by molar-refractivity contribution is 5.53. The zero-order valence-corrected chi connectivity index (χ0v) is 11.6. The van der Waals surface area contributed by atoms with Gasteiger partial charge in [0.05, 0.1) is 0 Å². The highest BCUT2D eigenvalue weighted by Crippen LogP contribution is 2.12. The lowest BCUT2D eigenvalue weighted by atomic mass is 10.2. The van der Waals surface area contributed by atoms with E-state index < -0.39 is 0 Å². The third-order valence-corrected chi connectivity index (χ3v) is 2.34. The molecule has 0 saturated carbocycles. The highest BCUT2D eigenvalue weighted by Gasteiger charge is 2.12. The minimum atomic E-state index is 0. The number of aldehydes is 1. The first-order valence-corrected chi connectivity index (χ1v) is 5.15. The zero-order valence-electron chi connectivity index (χ0n) is 9.45. The molecule has 0 fully saturated rings. The first-order chi connectivity index (χ1) is 8.35. The van der Waals surface area contributed by atoms with Crippen molar-refractivity contribution in [1.29, 1.82) is 5.26 Å². The molecule has 0 bridgehead atoms. The molecule has 0 radical (unpaired) electrons. The number of carbonyl (C=O) groups excluding carboxylic acids is 1. The number of carbonyl (C=O) groups is 1. The third-order valence-electron chi connectivity index (χ3n) is 2.34. The van der Waals surface area contributed by atoms with Crippen molar-refractivity contribution >= 4 is 6.29 Å². The van der Waals surface area contributed by atoms with Gasteiger partial charge in [0.1, 0.15) is 17.5 Å². The molecule has 0 amide bonds. The minimum Gasteiger partial charge on any atom is -1.00 e. The Kier molecular flexibility index (Phi) is 5.39. The van der Waals surface area contributed by atoms with Crippen LogP contribution in [-0.4, -0.2) is 11.3 Å². The number of hydrogen-bond donors (Lipinski definition) is 0. The lowest BCUT2D eigenvalue weighted by Crippen LogP contribution is -3.00. The average Bonchev–Trinajstić information content (AvgIpc) is 2.40. The Morgan fingerprint density at radius 2 is 2.11 bits per heavy atom. The Hall–Kier alpha value is -1.81. The summed E-state index contributed by atoms with van der Waals surface area (Å²) >= 11 is 0. The molecule has 0 unspecified atom stereocenters. The molecule has 0 saturated heterocycles. The van der Waals surface area contributed by atoms with E-state index in [1.165, 1.54) is 0 Å². The van der Waals surface area contributed by atoms with Gasteiger partial charge in [-0.2, -0.15) is 9.83 Å². The molecule has 0 aliphatic heterocycles. The second kappa shape index (κ2) is 6.81. The molecule has 5 heteroatoms. The fraction of sp³-hybridized carbons (Fsp3) is 0.0769. The van der Waals surface area contributed by atoms with Crippen molar-refractivity contribution in [2.75, 3.05) is 0 Å². The quantitative estimate of drug-likeness (QED) is 0.369. The molecule has 0 spiro atoms. The van der Waals surface area contributed by atoms with Gasteiger partial charge in [0, 0.05) is 12.1 Å². The molecule has 2 aromatic rings. The van der Waals surface area contributed by atoms with Crippen LogP contribution in [0.3, 0.4) is 0 Å². The van der Waals surface area contributed by atoms with Crippen LogP contribution in [-0.2, 0) is 11.3 Å². The predicted octanol–water partition coefficient (Wildman–Crippen LogP) is -1.89. The van der Waals surface area contributed by atoms with Gasteiger partial charge in [0.25, 0.3) is 0 Å². The van der Waals surface area contributed by atoms with Crippen LogP contribution in [0.5, 0.6) is 0 Å². The van der Waals surface area contributed by atoms with Gasteiger partial charge in [0.2, 0.25) is 12.2 Å². The predicted molar refractivity (Wildman–Crippen MR) is 60.6 cm³/mol. The van der Waals surface area contributed by atoms with Crippen LogP contribution in [0.15, 0.2) is 42.6 Å². The van der Waals surface area contributed by atoms with Crippen molar-refractivity contribution in [1.82, 2.24) is 4.98 Å². The molecule has 0 aliphatic rings. The topological polar surface area (TPSA) is 57.6 Å². The maximum atomic E-state index is 10.6. The number of pyridine rings is 2. The summed E-state index contributed by atoms with van der Waals surface area (Å²) in [5.74, 6) is 0. The van der Waals surface area contributed by atoms with Gasteiger partial charge in [-0.25, -0.2) is 4.98 Å². The van der Waals surface area contributed by atoms with Gasteiger partial charge < -0.3 is 24.0 Å². The first kappa shape index (κ1) is 14.3. The lowest BCUT2D eigenvalue weighted by Gasteiger charge is -2.00. The molecule has 18 heavy (non-hydrogen) atoms. The molecule has 2 aromatic heterocycles. The molecule has 0 N–H and O–H groups in total. The van der Waals surface area contributed by atoms with Crippen LogP contribution in [0.1, 0.15) is 5.69 Å². The Morgan fingerprint density at radius 3 is 2.83 bits per heavy atom. The summed E-state index contributed by atoms with van der Waals surface area (Å²) in [5, 5.41) is 8.81. The van der Waals surface area contributed by atoms with E-state index in [0.29, 0.717) is 11.4 Å². The summed E-state index contributed by atoms with van der Waals surface area (Å²) in [4.78, 5) is 14.8. The van der Waals surface area contributed by atoms with Gasteiger partial charge in [-0.3, -0.25) is 4.79 Å². The van der Waals surface area contributed by atoms with Crippen molar-refractivity contribution < 1.29 is 33.3 Å². The standard InChI is InChI=1S/C13H10N3O.HI/c14-10-11-4-3-5-12(15-11)13-6-1-2-7-16(13)8-9-17;/h1-7,9H,8H2;1H/q+1;/p-1. The number of nitrogens with zero attached hydrogens (tertiary/aromatic N) is 3. The zero-order chi connectivity index (χ0) is 12.1. The van der Waals surface area contributed by atoms with E-state index in [9.17, 15) is 4.79 Å². The van der Waals surface area contributed by atoms with E-state index >= 15 is 0 Å². The summed E-state index contributed by atoms with van der Waals surface area (Å²) < 4.78 is 1.79. The van der Waals surface area contributed by atoms with Gasteiger partial charge in [0.15, 0.2) is 12.5 Å². The summed E-state index contributed by atoms with van der Waals surface area (Å²) in [6.07, 6.45) is 2.64. The number of halogens is 1. The van der Waals surface area contributed by atoms with E-state index in [2.05, 4.69) is 4.98 Å².